The zero-order chi connectivity index (χ0) is 32.2. The molecule has 0 aromatic rings. The second-order valence-corrected chi connectivity index (χ2v) is 7.57. The molecular weight excluding hydrogens is 645 g/mol. The Morgan fingerprint density at radius 2 is 1.18 bits per heavy atom. The molecular formula is C14H36N18S7. The van der Waals surface area contributed by atoms with Crippen LogP contribution < -0.4 is 60.7 Å². The van der Waals surface area contributed by atoms with Crippen molar-refractivity contribution < 1.29 is 0 Å². The van der Waals surface area contributed by atoms with Crippen molar-refractivity contribution in [1.29, 1.82) is 11.1 Å². The van der Waals surface area contributed by atoms with Gasteiger partial charge in [0.05, 0.1) is 0 Å². The van der Waals surface area contributed by atoms with Crippen LogP contribution in [0.3, 0.4) is 0 Å². The van der Waals surface area contributed by atoms with E-state index in [0.29, 0.717) is 10.1 Å². The lowest BCUT2D eigenvalue weighted by Gasteiger charge is -1.95. The first-order valence-electron chi connectivity index (χ1n) is 9.41. The number of nitrogens with one attached hydrogen (secondary N) is 9. The molecule has 0 aromatic heterocycles. The molecule has 0 atom stereocenters. The van der Waals surface area contributed by atoms with Gasteiger partial charge in [0.2, 0.25) is 5.11 Å². The second-order valence-electron chi connectivity index (χ2n) is 4.65. The molecule has 0 spiro atoms. The Balaban J connectivity index is -0.0000000841. The molecule has 17 N–H and O–H groups in total. The van der Waals surface area contributed by atoms with Crippen molar-refractivity contribution in [3.8, 4) is 0 Å². The molecule has 0 aliphatic rings. The van der Waals surface area contributed by atoms with Crippen LogP contribution in [0.2, 0.25) is 0 Å². The maximum atomic E-state index is 6.29. The van der Waals surface area contributed by atoms with Crippen LogP contribution in [0.1, 0.15) is 6.92 Å². The van der Waals surface area contributed by atoms with Gasteiger partial charge in [0.1, 0.15) is 9.98 Å². The van der Waals surface area contributed by atoms with Gasteiger partial charge in [0, 0.05) is 41.5 Å². The van der Waals surface area contributed by atoms with Gasteiger partial charge in [-0.05, 0) is 68.0 Å². The van der Waals surface area contributed by atoms with Crippen molar-refractivity contribution in [2.75, 3.05) is 35.2 Å². The number of hydrazone groups is 1. The van der Waals surface area contributed by atoms with E-state index in [1.165, 1.54) is 7.05 Å². The van der Waals surface area contributed by atoms with Gasteiger partial charge in [-0.3, -0.25) is 16.3 Å². The van der Waals surface area contributed by atoms with E-state index in [0.717, 1.165) is 0 Å². The van der Waals surface area contributed by atoms with Crippen molar-refractivity contribution in [3.05, 3.63) is 0 Å². The average molecular weight is 681 g/mol. The van der Waals surface area contributed by atoms with Crippen molar-refractivity contribution in [2.45, 2.75) is 6.92 Å². The molecule has 25 heteroatoms. The third kappa shape index (κ3) is 78.7. The summed E-state index contributed by atoms with van der Waals surface area (Å²) in [4.78, 5) is 0.688. The molecule has 0 unspecified atom stereocenters. The summed E-state index contributed by atoms with van der Waals surface area (Å²) < 4.78 is 0. The van der Waals surface area contributed by atoms with Crippen molar-refractivity contribution in [1.82, 2.24) is 37.8 Å². The fraction of sp³-hybridized carbons (Fsp3) is 0.429. The summed E-state index contributed by atoms with van der Waals surface area (Å²) in [5.74, 6) is 0. The smallest absolute Gasteiger partial charge is 0.258 e. The quantitative estimate of drug-likeness (QED) is 0.0770. The highest BCUT2D eigenvalue weighted by atomic mass is 32.1. The molecule has 39 heavy (non-hydrogen) atoms. The van der Waals surface area contributed by atoms with E-state index in [1.807, 2.05) is 0 Å². The van der Waals surface area contributed by atoms with E-state index in [4.69, 9.17) is 34.0 Å². The van der Waals surface area contributed by atoms with E-state index in [9.17, 15) is 0 Å². The lowest BCUT2D eigenvalue weighted by atomic mass is 10.6. The molecule has 224 valence electrons. The molecule has 0 fully saturated rings. The largest absolute Gasteiger partial charge is 0.388 e. The summed E-state index contributed by atoms with van der Waals surface area (Å²) in [5.41, 5.74) is 44.8. The third-order valence-electron chi connectivity index (χ3n) is 1.86. The summed E-state index contributed by atoms with van der Waals surface area (Å²) in [7, 11) is 8.18. The number of azo groups is 1. The second kappa shape index (κ2) is 42.3. The zero-order valence-corrected chi connectivity index (χ0v) is 27.7. The average Bonchev–Trinajstić information content (AvgIpc) is 2.88. The lowest BCUT2D eigenvalue weighted by Crippen LogP contribution is -2.37. The Hall–Kier alpha value is -2.78. The minimum atomic E-state index is -0.0394. The Labute approximate surface area is 265 Å². The van der Waals surface area contributed by atoms with Gasteiger partial charge < -0.3 is 33.6 Å². The first-order valence-corrected chi connectivity index (χ1v) is 12.3. The van der Waals surface area contributed by atoms with Crippen molar-refractivity contribution in [2.24, 2.45) is 48.5 Å². The van der Waals surface area contributed by atoms with E-state index >= 15 is 0 Å². The Morgan fingerprint density at radius 1 is 0.718 bits per heavy atom. The molecule has 0 saturated heterocycles. The fourth-order valence-corrected chi connectivity index (χ4v) is 1.06. The number of thiocarbonyl (C=S) groups is 7. The first-order chi connectivity index (χ1) is 18.1. The number of nitrogens with zero attached hydrogens (tertiary/aromatic N) is 5. The standard InChI is InChI=1S/C3H7N3S.C3H6N2S2.C2H6N4S.C2H4N4S.C2H7N3S.C2H6N2S/c1-2-5-6-3(4)7;1-5-3(7)2(4)6;2*1-4-6-2(7)5-3;1-4-5-2(3)6;1-4-2(3)5/h2H,1H3,(H3,4,6,7);1H3,(H2,4,6)(H,5,7);3-4H,1H3,(H,6,7);3H,1H3;4H,1H3,(H3,3,5,6);1H3,(H3,3,4,5)/b5-2+;;;;;. The number of hydrazine groups is 2. The van der Waals surface area contributed by atoms with Gasteiger partial charge in [-0.2, -0.15) is 10.2 Å². The van der Waals surface area contributed by atoms with E-state index in [2.05, 4.69) is 149 Å². The molecule has 0 rings (SSSR count). The molecule has 0 bridgehead atoms. The van der Waals surface area contributed by atoms with Gasteiger partial charge in [0.15, 0.2) is 15.3 Å². The minimum Gasteiger partial charge on any atom is -0.388 e. The number of nitrogens with two attached hydrogens (primary N) is 4. The minimum absolute atomic E-state index is 0.0394. The molecule has 0 amide bonds. The van der Waals surface area contributed by atoms with Crippen LogP contribution >= 0.6 is 85.5 Å². The lowest BCUT2D eigenvalue weighted by molar-refractivity contribution is 0.766. The molecule has 0 saturated carbocycles. The van der Waals surface area contributed by atoms with Crippen molar-refractivity contribution in [3.63, 3.8) is 0 Å². The van der Waals surface area contributed by atoms with E-state index < -0.39 is 0 Å². The summed E-state index contributed by atoms with van der Waals surface area (Å²) in [6.45, 7) is 1.77. The van der Waals surface area contributed by atoms with Gasteiger partial charge in [-0.1, -0.05) is 24.4 Å². The van der Waals surface area contributed by atoms with Crippen LogP contribution in [0.15, 0.2) is 25.6 Å². The monoisotopic (exact) mass is 680 g/mol. The summed E-state index contributed by atoms with van der Waals surface area (Å²) in [5, 5.41) is 21.8. The molecule has 18 nitrogen and oxygen atoms in total. The summed E-state index contributed by atoms with van der Waals surface area (Å²) in [6, 6.07) is 0. The van der Waals surface area contributed by atoms with Crippen LogP contribution in [0.5, 0.6) is 0 Å². The van der Waals surface area contributed by atoms with Crippen LogP contribution in [-0.4, -0.2) is 77.0 Å². The maximum absolute atomic E-state index is 6.29. The predicted molar refractivity (Wildman–Crippen MR) is 186 cm³/mol. The number of hydrogen-bond acceptors (Lipinski definition) is 13. The molecule has 0 aliphatic carbocycles. The maximum Gasteiger partial charge on any atom is 0.258 e. The molecule has 0 aliphatic heterocycles. The van der Waals surface area contributed by atoms with Crippen LogP contribution in [-0.2, 0) is 0 Å². The van der Waals surface area contributed by atoms with E-state index in [-0.39, 0.29) is 25.4 Å². The van der Waals surface area contributed by atoms with Crippen LogP contribution in [0.25, 0.3) is 0 Å². The Kier molecular flexibility index (Phi) is 53.4. The van der Waals surface area contributed by atoms with Crippen LogP contribution in [0, 0.1) is 11.1 Å². The third-order valence-corrected chi connectivity index (χ3v) is 3.39. The summed E-state index contributed by atoms with van der Waals surface area (Å²) in [6.07, 6.45) is 1.57. The van der Waals surface area contributed by atoms with Crippen molar-refractivity contribution >= 4 is 127 Å². The van der Waals surface area contributed by atoms with Gasteiger partial charge in [-0.15, -0.1) is 15.3 Å². The van der Waals surface area contributed by atoms with E-state index in [1.54, 1.807) is 41.3 Å². The predicted octanol–water partition coefficient (Wildman–Crippen LogP) is -0.541. The van der Waals surface area contributed by atoms with Gasteiger partial charge in [-0.25, -0.2) is 21.9 Å². The first kappa shape index (κ1) is 49.2. The molecule has 0 aromatic carbocycles. The SMILES string of the molecule is C/C=N/NC(N)=S.CN=NC(=S)N=N.CNC(=S)C(N)=S.CNC(N)=S.CNNC(=S)N=N.CNNC(N)=S. The highest BCUT2D eigenvalue weighted by Crippen LogP contribution is 1.79. The highest BCUT2D eigenvalue weighted by Gasteiger charge is 1.90. The fourth-order valence-electron chi connectivity index (χ4n) is 0.617. The topological polar surface area (TPSA) is 298 Å². The van der Waals surface area contributed by atoms with Gasteiger partial charge >= 0.3 is 0 Å². The Morgan fingerprint density at radius 3 is 1.26 bits per heavy atom. The number of rotatable bonds is 3. The van der Waals surface area contributed by atoms with Crippen LogP contribution in [0.4, 0.5) is 0 Å². The molecule has 0 heterocycles. The number of likely N-dealkylation sites (N-methyl/N-ethyl adjacent to an activating group) is 1. The summed E-state index contributed by atoms with van der Waals surface area (Å²) >= 11 is 31.0. The zero-order valence-electron chi connectivity index (χ0n) is 22.0. The Bertz CT molecular complexity index is 799. The highest BCUT2D eigenvalue weighted by molar-refractivity contribution is 7.89. The normalized spacial score (nSPS) is 8.05. The van der Waals surface area contributed by atoms with Gasteiger partial charge in [0.25, 0.3) is 5.11 Å². The number of hydrogen-bond donors (Lipinski definition) is 13. The molecule has 0 radical (unpaired) electrons.